The van der Waals surface area contributed by atoms with Crippen LogP contribution < -0.4 is 5.32 Å². The van der Waals surface area contributed by atoms with Gasteiger partial charge in [-0.15, -0.1) is 0 Å². The Morgan fingerprint density at radius 2 is 2.04 bits per heavy atom. The summed E-state index contributed by atoms with van der Waals surface area (Å²) in [4.78, 5) is 20.9. The van der Waals surface area contributed by atoms with Crippen LogP contribution in [0.15, 0.2) is 59.9 Å². The Morgan fingerprint density at radius 1 is 1.21 bits per heavy atom. The molecule has 1 unspecified atom stereocenters. The van der Waals surface area contributed by atoms with Gasteiger partial charge in [-0.2, -0.15) is 5.26 Å². The Kier molecular flexibility index (Phi) is 4.73. The van der Waals surface area contributed by atoms with Gasteiger partial charge in [-0.1, -0.05) is 36.0 Å². The lowest BCUT2D eigenvalue weighted by Crippen LogP contribution is -2.22. The zero-order valence-corrected chi connectivity index (χ0v) is 13.7. The van der Waals surface area contributed by atoms with Crippen molar-refractivity contribution >= 4 is 34.3 Å². The van der Waals surface area contributed by atoms with Crippen molar-refractivity contribution in [2.75, 3.05) is 5.32 Å². The van der Waals surface area contributed by atoms with Gasteiger partial charge in [0.05, 0.1) is 22.4 Å². The van der Waals surface area contributed by atoms with Crippen LogP contribution in [-0.4, -0.2) is 21.1 Å². The first kappa shape index (κ1) is 16.0. The lowest BCUT2D eigenvalue weighted by atomic mass is 10.2. The minimum Gasteiger partial charge on any atom is -0.325 e. The summed E-state index contributed by atoms with van der Waals surface area (Å²) in [6, 6.07) is 16.6. The van der Waals surface area contributed by atoms with Crippen LogP contribution in [0.1, 0.15) is 12.5 Å². The number of benzene rings is 2. The molecule has 0 bridgehead atoms. The third-order valence-corrected chi connectivity index (χ3v) is 4.54. The summed E-state index contributed by atoms with van der Waals surface area (Å²) in [5.41, 5.74) is 1.97. The molecule has 6 heteroatoms. The van der Waals surface area contributed by atoms with Crippen molar-refractivity contribution in [3.63, 3.8) is 0 Å². The van der Waals surface area contributed by atoms with E-state index in [0.717, 1.165) is 15.9 Å². The van der Waals surface area contributed by atoms with Gasteiger partial charge < -0.3 is 5.32 Å². The molecular formula is C18H14N4OS. The minimum atomic E-state index is -0.339. The van der Waals surface area contributed by atoms with Gasteiger partial charge in [0.1, 0.15) is 11.4 Å². The zero-order chi connectivity index (χ0) is 16.9. The summed E-state index contributed by atoms with van der Waals surface area (Å²) in [6.45, 7) is 1.82. The molecule has 0 aliphatic rings. The summed E-state index contributed by atoms with van der Waals surface area (Å²) in [5, 5.41) is 13.1. The van der Waals surface area contributed by atoms with Crippen LogP contribution >= 0.6 is 11.8 Å². The first-order valence-electron chi connectivity index (χ1n) is 7.35. The van der Waals surface area contributed by atoms with Crippen molar-refractivity contribution in [1.82, 2.24) is 9.97 Å². The Hall–Kier alpha value is -2.91. The van der Waals surface area contributed by atoms with E-state index in [1.807, 2.05) is 31.2 Å². The maximum atomic E-state index is 12.4. The largest absolute Gasteiger partial charge is 0.325 e. The molecule has 118 valence electrons. The standard InChI is InChI=1S/C18H14N4OS/c1-12(17(23)22-14-6-4-5-13(9-14)10-19)24-18-15-7-2-3-8-16(15)20-11-21-18/h2-9,11-12H,1H3,(H,22,23). The summed E-state index contributed by atoms with van der Waals surface area (Å²) < 4.78 is 0. The number of hydrogen-bond donors (Lipinski definition) is 1. The van der Waals surface area contributed by atoms with Crippen LogP contribution in [0.5, 0.6) is 0 Å². The maximum Gasteiger partial charge on any atom is 0.237 e. The Morgan fingerprint density at radius 3 is 2.88 bits per heavy atom. The van der Waals surface area contributed by atoms with E-state index in [1.165, 1.54) is 18.1 Å². The predicted octanol–water partition coefficient (Wildman–Crippen LogP) is 3.62. The van der Waals surface area contributed by atoms with Crippen LogP contribution in [0, 0.1) is 11.3 Å². The number of nitriles is 1. The molecule has 1 amide bonds. The Labute approximate surface area is 143 Å². The highest BCUT2D eigenvalue weighted by molar-refractivity contribution is 8.00. The van der Waals surface area contributed by atoms with E-state index < -0.39 is 0 Å². The molecule has 0 saturated carbocycles. The normalized spacial score (nSPS) is 11.7. The topological polar surface area (TPSA) is 78.7 Å². The SMILES string of the molecule is CC(Sc1ncnc2ccccc12)C(=O)Nc1cccc(C#N)c1. The molecule has 0 aliphatic heterocycles. The van der Waals surface area contributed by atoms with E-state index in [-0.39, 0.29) is 11.2 Å². The van der Waals surface area contributed by atoms with Gasteiger partial charge in [-0.25, -0.2) is 9.97 Å². The third kappa shape index (κ3) is 3.53. The van der Waals surface area contributed by atoms with Crippen LogP contribution in [0.4, 0.5) is 5.69 Å². The van der Waals surface area contributed by atoms with Crippen LogP contribution in [0.3, 0.4) is 0 Å². The highest BCUT2D eigenvalue weighted by Crippen LogP contribution is 2.28. The van der Waals surface area contributed by atoms with Crippen molar-refractivity contribution in [3.8, 4) is 6.07 Å². The van der Waals surface area contributed by atoms with Gasteiger partial charge in [-0.3, -0.25) is 4.79 Å². The molecule has 0 aliphatic carbocycles. The number of carbonyl (C=O) groups is 1. The van der Waals surface area contributed by atoms with Gasteiger partial charge in [-0.05, 0) is 31.2 Å². The van der Waals surface area contributed by atoms with Gasteiger partial charge >= 0.3 is 0 Å². The zero-order valence-electron chi connectivity index (χ0n) is 12.9. The quantitative estimate of drug-likeness (QED) is 0.582. The second-order valence-corrected chi connectivity index (χ2v) is 6.47. The fourth-order valence-electron chi connectivity index (χ4n) is 2.21. The second-order valence-electron chi connectivity index (χ2n) is 5.14. The molecule has 0 saturated heterocycles. The van der Waals surface area contributed by atoms with Crippen molar-refractivity contribution < 1.29 is 4.79 Å². The average molecular weight is 334 g/mol. The monoisotopic (exact) mass is 334 g/mol. The Bertz CT molecular complexity index is 930. The summed E-state index contributed by atoms with van der Waals surface area (Å²) in [6.07, 6.45) is 1.51. The number of amides is 1. The summed E-state index contributed by atoms with van der Waals surface area (Å²) in [7, 11) is 0. The number of anilines is 1. The van der Waals surface area contributed by atoms with Crippen molar-refractivity contribution in [2.24, 2.45) is 0 Å². The number of hydrogen-bond acceptors (Lipinski definition) is 5. The molecular weight excluding hydrogens is 320 g/mol. The number of para-hydroxylation sites is 1. The van der Waals surface area contributed by atoms with E-state index in [2.05, 4.69) is 21.4 Å². The van der Waals surface area contributed by atoms with E-state index in [0.29, 0.717) is 11.3 Å². The van der Waals surface area contributed by atoms with Crippen molar-refractivity contribution in [2.45, 2.75) is 17.2 Å². The molecule has 0 radical (unpaired) electrons. The lowest BCUT2D eigenvalue weighted by molar-refractivity contribution is -0.115. The first-order valence-corrected chi connectivity index (χ1v) is 8.23. The third-order valence-electron chi connectivity index (χ3n) is 3.42. The number of nitrogens with one attached hydrogen (secondary N) is 1. The summed E-state index contributed by atoms with van der Waals surface area (Å²) >= 11 is 1.38. The fraction of sp³-hybridized carbons (Fsp3) is 0.111. The molecule has 0 fully saturated rings. The molecule has 3 rings (SSSR count). The van der Waals surface area contributed by atoms with E-state index >= 15 is 0 Å². The molecule has 1 heterocycles. The predicted molar refractivity (Wildman–Crippen MR) is 94.6 cm³/mol. The molecule has 3 aromatic rings. The highest BCUT2D eigenvalue weighted by atomic mass is 32.2. The highest BCUT2D eigenvalue weighted by Gasteiger charge is 2.17. The van der Waals surface area contributed by atoms with Crippen LogP contribution in [0.25, 0.3) is 10.9 Å². The molecule has 24 heavy (non-hydrogen) atoms. The Balaban J connectivity index is 1.75. The molecule has 2 aromatic carbocycles. The van der Waals surface area contributed by atoms with Crippen LogP contribution in [0.2, 0.25) is 0 Å². The fourth-order valence-corrected chi connectivity index (χ4v) is 3.11. The number of rotatable bonds is 4. The molecule has 0 spiro atoms. The second kappa shape index (κ2) is 7.11. The van der Waals surface area contributed by atoms with E-state index in [1.54, 1.807) is 24.3 Å². The van der Waals surface area contributed by atoms with Gasteiger partial charge in [0.2, 0.25) is 5.91 Å². The molecule has 1 N–H and O–H groups in total. The number of nitrogens with zero attached hydrogens (tertiary/aromatic N) is 3. The van der Waals surface area contributed by atoms with Gasteiger partial charge in [0, 0.05) is 11.1 Å². The molecule has 1 atom stereocenters. The molecule has 5 nitrogen and oxygen atoms in total. The van der Waals surface area contributed by atoms with Crippen molar-refractivity contribution in [1.29, 1.82) is 5.26 Å². The molecule has 1 aromatic heterocycles. The maximum absolute atomic E-state index is 12.4. The average Bonchev–Trinajstić information content (AvgIpc) is 2.62. The first-order chi connectivity index (χ1) is 11.7. The van der Waals surface area contributed by atoms with Crippen molar-refractivity contribution in [3.05, 3.63) is 60.4 Å². The number of thioether (sulfide) groups is 1. The number of fused-ring (bicyclic) bond motifs is 1. The smallest absolute Gasteiger partial charge is 0.237 e. The van der Waals surface area contributed by atoms with Gasteiger partial charge in [0.25, 0.3) is 0 Å². The summed E-state index contributed by atoms with van der Waals surface area (Å²) in [5.74, 6) is -0.141. The van der Waals surface area contributed by atoms with E-state index in [4.69, 9.17) is 5.26 Å². The minimum absolute atomic E-state index is 0.141. The van der Waals surface area contributed by atoms with Gasteiger partial charge in [0.15, 0.2) is 0 Å². The lowest BCUT2D eigenvalue weighted by Gasteiger charge is -2.12. The number of aromatic nitrogens is 2. The number of carbonyl (C=O) groups excluding carboxylic acids is 1. The van der Waals surface area contributed by atoms with E-state index in [9.17, 15) is 4.79 Å². The van der Waals surface area contributed by atoms with Crippen LogP contribution in [-0.2, 0) is 4.79 Å².